The number of aryl methyl sites for hydroxylation is 1. The van der Waals surface area contributed by atoms with E-state index < -0.39 is 0 Å². The quantitative estimate of drug-likeness (QED) is 0.759. The lowest BCUT2D eigenvalue weighted by molar-refractivity contribution is 0.907. The van der Waals surface area contributed by atoms with Crippen LogP contribution in [-0.2, 0) is 0 Å². The van der Waals surface area contributed by atoms with Crippen LogP contribution in [0.25, 0.3) is 0 Å². The molecule has 0 saturated heterocycles. The van der Waals surface area contributed by atoms with Crippen molar-refractivity contribution in [3.8, 4) is 0 Å². The van der Waals surface area contributed by atoms with Crippen molar-refractivity contribution in [1.29, 1.82) is 0 Å². The minimum absolute atomic E-state index is 0.251. The van der Waals surface area contributed by atoms with E-state index in [0.717, 1.165) is 0 Å². The molecule has 0 aliphatic rings. The van der Waals surface area contributed by atoms with Gasteiger partial charge in [0, 0.05) is 11.6 Å². The van der Waals surface area contributed by atoms with E-state index in [0.29, 0.717) is 16.8 Å². The number of rotatable bonds is 2. The summed E-state index contributed by atoms with van der Waals surface area (Å²) in [4.78, 5) is 17.7. The van der Waals surface area contributed by atoms with E-state index in [2.05, 4.69) is 25.5 Å². The van der Waals surface area contributed by atoms with Gasteiger partial charge in [0.15, 0.2) is 5.13 Å². The Morgan fingerprint density at radius 1 is 1.50 bits per heavy atom. The molecule has 0 radical (unpaired) electrons. The molecule has 0 bridgehead atoms. The molecule has 2 rings (SSSR count). The highest BCUT2D eigenvalue weighted by Gasteiger charge is 2.01. The van der Waals surface area contributed by atoms with E-state index in [1.54, 1.807) is 13.1 Å². The standard InChI is InChI=1S/C7H7N5OS/c1-4-5(13)9-6(12-11-4)10-7-8-2-3-14-7/h2-3H,1H3,(H2,8,9,10,12,13). The molecule has 0 amide bonds. The predicted molar refractivity (Wildman–Crippen MR) is 52.8 cm³/mol. The highest BCUT2D eigenvalue weighted by Crippen LogP contribution is 2.13. The van der Waals surface area contributed by atoms with Crippen LogP contribution in [0.4, 0.5) is 11.1 Å². The Labute approximate surface area is 83.1 Å². The van der Waals surface area contributed by atoms with Crippen LogP contribution < -0.4 is 10.9 Å². The summed E-state index contributed by atoms with van der Waals surface area (Å²) < 4.78 is 0. The number of aromatic amines is 1. The van der Waals surface area contributed by atoms with Gasteiger partial charge in [-0.25, -0.2) is 4.98 Å². The third kappa shape index (κ3) is 1.77. The summed E-state index contributed by atoms with van der Waals surface area (Å²) in [6, 6.07) is 0. The summed E-state index contributed by atoms with van der Waals surface area (Å²) in [7, 11) is 0. The minimum atomic E-state index is -0.251. The molecular formula is C7H7N5OS. The van der Waals surface area contributed by atoms with Gasteiger partial charge in [0.05, 0.1) is 0 Å². The van der Waals surface area contributed by atoms with Gasteiger partial charge in [0.25, 0.3) is 5.56 Å². The first kappa shape index (κ1) is 8.82. The smallest absolute Gasteiger partial charge is 0.273 e. The Kier molecular flexibility index (Phi) is 2.23. The minimum Gasteiger partial charge on any atom is -0.300 e. The van der Waals surface area contributed by atoms with Gasteiger partial charge in [-0.05, 0) is 6.92 Å². The zero-order valence-electron chi connectivity index (χ0n) is 7.31. The van der Waals surface area contributed by atoms with E-state index in [9.17, 15) is 4.79 Å². The number of nitrogens with one attached hydrogen (secondary N) is 2. The second-order valence-electron chi connectivity index (χ2n) is 2.55. The summed E-state index contributed by atoms with van der Waals surface area (Å²) in [6.07, 6.45) is 1.66. The number of hydrogen-bond acceptors (Lipinski definition) is 6. The molecule has 0 fully saturated rings. The van der Waals surface area contributed by atoms with E-state index in [-0.39, 0.29) is 5.56 Å². The van der Waals surface area contributed by atoms with Crippen molar-refractivity contribution in [3.05, 3.63) is 27.6 Å². The number of anilines is 2. The summed E-state index contributed by atoms with van der Waals surface area (Å²) >= 11 is 1.42. The van der Waals surface area contributed by atoms with Crippen molar-refractivity contribution >= 4 is 22.4 Å². The van der Waals surface area contributed by atoms with E-state index in [4.69, 9.17) is 0 Å². The van der Waals surface area contributed by atoms with Gasteiger partial charge in [-0.2, -0.15) is 0 Å². The lowest BCUT2D eigenvalue weighted by Gasteiger charge is -1.99. The molecule has 14 heavy (non-hydrogen) atoms. The summed E-state index contributed by atoms with van der Waals surface area (Å²) in [6.45, 7) is 1.60. The Bertz CT molecular complexity index is 477. The normalized spacial score (nSPS) is 10.1. The Balaban J connectivity index is 2.26. The Morgan fingerprint density at radius 3 is 3.00 bits per heavy atom. The van der Waals surface area contributed by atoms with E-state index in [1.807, 2.05) is 5.38 Å². The number of H-pyrrole nitrogens is 1. The maximum atomic E-state index is 11.2. The molecule has 2 aromatic heterocycles. The van der Waals surface area contributed by atoms with Crippen molar-refractivity contribution in [3.63, 3.8) is 0 Å². The monoisotopic (exact) mass is 209 g/mol. The van der Waals surface area contributed by atoms with Crippen LogP contribution in [0, 0.1) is 6.92 Å². The van der Waals surface area contributed by atoms with Gasteiger partial charge in [-0.15, -0.1) is 21.5 Å². The van der Waals surface area contributed by atoms with Crippen molar-refractivity contribution in [2.75, 3.05) is 5.32 Å². The maximum Gasteiger partial charge on any atom is 0.273 e. The summed E-state index contributed by atoms with van der Waals surface area (Å²) in [5, 5.41) is 12.8. The fraction of sp³-hybridized carbons (Fsp3) is 0.143. The predicted octanol–water partition coefficient (Wildman–Crippen LogP) is 0.673. The third-order valence-corrected chi connectivity index (χ3v) is 2.21. The van der Waals surface area contributed by atoms with Crippen LogP contribution >= 0.6 is 11.3 Å². The molecule has 2 heterocycles. The first-order valence-electron chi connectivity index (χ1n) is 3.86. The molecule has 7 heteroatoms. The molecule has 0 atom stereocenters. The zero-order valence-corrected chi connectivity index (χ0v) is 8.13. The van der Waals surface area contributed by atoms with Crippen molar-refractivity contribution in [1.82, 2.24) is 20.2 Å². The highest BCUT2D eigenvalue weighted by molar-refractivity contribution is 7.13. The van der Waals surface area contributed by atoms with Gasteiger partial charge >= 0.3 is 0 Å². The van der Waals surface area contributed by atoms with Gasteiger partial charge < -0.3 is 5.32 Å². The lowest BCUT2D eigenvalue weighted by Crippen LogP contribution is -2.15. The van der Waals surface area contributed by atoms with Crippen LogP contribution in [0.1, 0.15) is 5.69 Å². The van der Waals surface area contributed by atoms with Gasteiger partial charge in [-0.1, -0.05) is 0 Å². The van der Waals surface area contributed by atoms with Gasteiger partial charge in [0.2, 0.25) is 5.95 Å². The molecular weight excluding hydrogens is 202 g/mol. The molecule has 72 valence electrons. The number of nitrogens with zero attached hydrogens (tertiary/aromatic N) is 3. The molecule has 2 N–H and O–H groups in total. The SMILES string of the molecule is Cc1nnc(Nc2nccs2)[nH]c1=O. The van der Waals surface area contributed by atoms with Crippen molar-refractivity contribution in [2.24, 2.45) is 0 Å². The molecule has 0 spiro atoms. The van der Waals surface area contributed by atoms with Crippen LogP contribution in [0.2, 0.25) is 0 Å². The Morgan fingerprint density at radius 2 is 2.36 bits per heavy atom. The van der Waals surface area contributed by atoms with Gasteiger partial charge in [-0.3, -0.25) is 9.78 Å². The molecule has 0 aliphatic heterocycles. The number of hydrogen-bond donors (Lipinski definition) is 2. The van der Waals surface area contributed by atoms with E-state index >= 15 is 0 Å². The fourth-order valence-corrected chi connectivity index (χ4v) is 1.36. The Hall–Kier alpha value is -1.76. The largest absolute Gasteiger partial charge is 0.300 e. The first-order valence-corrected chi connectivity index (χ1v) is 4.74. The topological polar surface area (TPSA) is 83.6 Å². The summed E-state index contributed by atoms with van der Waals surface area (Å²) in [5.74, 6) is 0.301. The summed E-state index contributed by atoms with van der Waals surface area (Å²) in [5.41, 5.74) is 0.0914. The maximum absolute atomic E-state index is 11.2. The van der Waals surface area contributed by atoms with Crippen LogP contribution in [0.15, 0.2) is 16.4 Å². The molecule has 6 nitrogen and oxygen atoms in total. The molecule has 0 unspecified atom stereocenters. The van der Waals surface area contributed by atoms with Crippen LogP contribution in [0.3, 0.4) is 0 Å². The molecule has 2 aromatic rings. The highest BCUT2D eigenvalue weighted by atomic mass is 32.1. The van der Waals surface area contributed by atoms with Gasteiger partial charge in [0.1, 0.15) is 5.69 Å². The molecule has 0 aromatic carbocycles. The van der Waals surface area contributed by atoms with Crippen LogP contribution in [-0.4, -0.2) is 20.2 Å². The lowest BCUT2D eigenvalue weighted by atomic mass is 10.5. The second-order valence-corrected chi connectivity index (χ2v) is 3.44. The van der Waals surface area contributed by atoms with Crippen molar-refractivity contribution in [2.45, 2.75) is 6.92 Å². The average molecular weight is 209 g/mol. The molecule has 0 saturated carbocycles. The second kappa shape index (κ2) is 3.54. The fourth-order valence-electron chi connectivity index (χ4n) is 0.836. The van der Waals surface area contributed by atoms with Crippen LogP contribution in [0.5, 0.6) is 0 Å². The van der Waals surface area contributed by atoms with E-state index in [1.165, 1.54) is 11.3 Å². The van der Waals surface area contributed by atoms with Crippen molar-refractivity contribution < 1.29 is 0 Å². The third-order valence-electron chi connectivity index (χ3n) is 1.52. The number of aromatic nitrogens is 4. The first-order chi connectivity index (χ1) is 6.75. The molecule has 0 aliphatic carbocycles. The number of thiazole rings is 1. The zero-order chi connectivity index (χ0) is 9.97. The average Bonchev–Trinajstić information content (AvgIpc) is 2.64.